The van der Waals surface area contributed by atoms with Gasteiger partial charge in [0.1, 0.15) is 0 Å². The number of hydrogen-bond donors (Lipinski definition) is 3. The highest BCUT2D eigenvalue weighted by atomic mass is 79.9. The Kier molecular flexibility index (Phi) is 5.25. The average Bonchev–Trinajstić information content (AvgIpc) is 2.23. The molecule has 0 aliphatic carbocycles. The number of nitrogens with one attached hydrogen (secondary N) is 1. The largest absolute Gasteiger partial charge is 0.394 e. The van der Waals surface area contributed by atoms with Gasteiger partial charge in [0.15, 0.2) is 0 Å². The smallest absolute Gasteiger partial charge is 0.0895 e. The predicted octanol–water partition coefficient (Wildman–Crippen LogP) is 1.20. The van der Waals surface area contributed by atoms with E-state index >= 15 is 0 Å². The van der Waals surface area contributed by atoms with E-state index in [2.05, 4.69) is 27.3 Å². The van der Waals surface area contributed by atoms with Crippen LogP contribution in [0.25, 0.3) is 0 Å². The van der Waals surface area contributed by atoms with Gasteiger partial charge in [0.05, 0.1) is 12.7 Å². The first kappa shape index (κ1) is 12.6. The summed E-state index contributed by atoms with van der Waals surface area (Å²) in [5, 5.41) is 20.8. The molecular weight excluding hydrogens is 258 g/mol. The highest BCUT2D eigenvalue weighted by molar-refractivity contribution is 9.10. The van der Waals surface area contributed by atoms with E-state index in [0.717, 1.165) is 4.47 Å². The number of aryl methyl sites for hydroxylation is 1. The van der Waals surface area contributed by atoms with Crippen LogP contribution < -0.4 is 5.32 Å². The van der Waals surface area contributed by atoms with Gasteiger partial charge in [0.2, 0.25) is 0 Å². The number of halogens is 1. The average molecular weight is 274 g/mol. The van der Waals surface area contributed by atoms with Crippen molar-refractivity contribution >= 4 is 15.9 Å². The van der Waals surface area contributed by atoms with Crippen LogP contribution in [-0.2, 0) is 6.54 Å². The number of benzene rings is 1. The molecule has 0 saturated heterocycles. The van der Waals surface area contributed by atoms with Crippen LogP contribution in [0.3, 0.4) is 0 Å². The van der Waals surface area contributed by atoms with Crippen molar-refractivity contribution in [3.05, 3.63) is 33.8 Å². The fraction of sp³-hybridized carbons (Fsp3) is 0.455. The SMILES string of the molecule is Cc1cc(CNC[C@@H](O)CO)ccc1Br. The van der Waals surface area contributed by atoms with Gasteiger partial charge >= 0.3 is 0 Å². The molecule has 0 radical (unpaired) electrons. The molecule has 15 heavy (non-hydrogen) atoms. The van der Waals surface area contributed by atoms with E-state index in [-0.39, 0.29) is 6.61 Å². The third kappa shape index (κ3) is 4.30. The van der Waals surface area contributed by atoms with Crippen molar-refractivity contribution in [3.63, 3.8) is 0 Å². The monoisotopic (exact) mass is 273 g/mol. The maximum atomic E-state index is 9.11. The lowest BCUT2D eigenvalue weighted by Gasteiger charge is -2.09. The van der Waals surface area contributed by atoms with Gasteiger partial charge in [-0.05, 0) is 24.1 Å². The summed E-state index contributed by atoms with van der Waals surface area (Å²) in [5.41, 5.74) is 2.36. The summed E-state index contributed by atoms with van der Waals surface area (Å²) in [6, 6.07) is 6.12. The Morgan fingerprint density at radius 1 is 1.47 bits per heavy atom. The van der Waals surface area contributed by atoms with Crippen molar-refractivity contribution in [1.29, 1.82) is 0 Å². The van der Waals surface area contributed by atoms with E-state index in [0.29, 0.717) is 13.1 Å². The van der Waals surface area contributed by atoms with Crippen LogP contribution >= 0.6 is 15.9 Å². The minimum atomic E-state index is -0.679. The minimum absolute atomic E-state index is 0.202. The van der Waals surface area contributed by atoms with E-state index in [1.54, 1.807) is 0 Å². The van der Waals surface area contributed by atoms with Crippen molar-refractivity contribution < 1.29 is 10.2 Å². The molecule has 1 rings (SSSR count). The second-order valence-electron chi connectivity index (χ2n) is 3.55. The molecule has 0 bridgehead atoms. The molecule has 3 nitrogen and oxygen atoms in total. The lowest BCUT2D eigenvalue weighted by molar-refractivity contribution is 0.0942. The molecule has 0 heterocycles. The van der Waals surface area contributed by atoms with Crippen LogP contribution in [0.4, 0.5) is 0 Å². The fourth-order valence-corrected chi connectivity index (χ4v) is 1.51. The highest BCUT2D eigenvalue weighted by Crippen LogP contribution is 2.16. The molecule has 0 fully saturated rings. The van der Waals surface area contributed by atoms with E-state index in [1.807, 2.05) is 19.1 Å². The third-order valence-corrected chi connectivity index (χ3v) is 3.03. The van der Waals surface area contributed by atoms with Crippen LogP contribution in [0.15, 0.2) is 22.7 Å². The van der Waals surface area contributed by atoms with Crippen LogP contribution in [0.1, 0.15) is 11.1 Å². The first-order valence-electron chi connectivity index (χ1n) is 4.88. The number of aliphatic hydroxyl groups is 2. The Morgan fingerprint density at radius 3 is 2.80 bits per heavy atom. The van der Waals surface area contributed by atoms with Gasteiger partial charge in [-0.25, -0.2) is 0 Å². The number of aliphatic hydroxyl groups excluding tert-OH is 2. The normalized spacial score (nSPS) is 12.8. The number of hydrogen-bond acceptors (Lipinski definition) is 3. The van der Waals surface area contributed by atoms with Gasteiger partial charge in [-0.15, -0.1) is 0 Å². The first-order valence-corrected chi connectivity index (χ1v) is 5.67. The summed E-state index contributed by atoms with van der Waals surface area (Å²) >= 11 is 3.44. The molecule has 1 aromatic rings. The van der Waals surface area contributed by atoms with E-state index < -0.39 is 6.10 Å². The van der Waals surface area contributed by atoms with Crippen LogP contribution in [-0.4, -0.2) is 29.5 Å². The molecule has 0 saturated carbocycles. The van der Waals surface area contributed by atoms with Gasteiger partial charge in [-0.1, -0.05) is 28.1 Å². The molecule has 3 N–H and O–H groups in total. The maximum Gasteiger partial charge on any atom is 0.0895 e. The zero-order valence-corrected chi connectivity index (χ0v) is 10.3. The lowest BCUT2D eigenvalue weighted by Crippen LogP contribution is -2.28. The topological polar surface area (TPSA) is 52.5 Å². The zero-order chi connectivity index (χ0) is 11.3. The Bertz CT molecular complexity index is 317. The summed E-state index contributed by atoms with van der Waals surface area (Å²) in [4.78, 5) is 0. The highest BCUT2D eigenvalue weighted by Gasteiger charge is 2.01. The fourth-order valence-electron chi connectivity index (χ4n) is 1.26. The van der Waals surface area contributed by atoms with Crippen molar-refractivity contribution in [2.75, 3.05) is 13.2 Å². The second kappa shape index (κ2) is 6.23. The van der Waals surface area contributed by atoms with Crippen molar-refractivity contribution in [1.82, 2.24) is 5.32 Å². The molecule has 0 aliphatic heterocycles. The van der Waals surface area contributed by atoms with Gasteiger partial charge in [0.25, 0.3) is 0 Å². The molecule has 0 unspecified atom stereocenters. The van der Waals surface area contributed by atoms with Crippen molar-refractivity contribution in [2.45, 2.75) is 19.6 Å². The minimum Gasteiger partial charge on any atom is -0.394 e. The summed E-state index contributed by atoms with van der Waals surface area (Å²) in [6.45, 7) is 2.94. The standard InChI is InChI=1S/C11H16BrNO2/c1-8-4-9(2-3-11(8)12)5-13-6-10(15)7-14/h2-4,10,13-15H,5-7H2,1H3/t10-/m1/s1. The molecule has 84 valence electrons. The zero-order valence-electron chi connectivity index (χ0n) is 8.70. The Labute approximate surface area is 98.3 Å². The molecular formula is C11H16BrNO2. The number of rotatable bonds is 5. The second-order valence-corrected chi connectivity index (χ2v) is 4.41. The van der Waals surface area contributed by atoms with Crippen molar-refractivity contribution in [2.24, 2.45) is 0 Å². The predicted molar refractivity (Wildman–Crippen MR) is 63.7 cm³/mol. The van der Waals surface area contributed by atoms with Gasteiger partial charge in [-0.3, -0.25) is 0 Å². The van der Waals surface area contributed by atoms with Crippen LogP contribution in [0, 0.1) is 6.92 Å². The molecule has 1 atom stereocenters. The molecule has 0 aliphatic rings. The summed E-state index contributed by atoms with van der Waals surface area (Å²) < 4.78 is 1.10. The first-order chi connectivity index (χ1) is 7.13. The van der Waals surface area contributed by atoms with E-state index in [4.69, 9.17) is 10.2 Å². The summed E-state index contributed by atoms with van der Waals surface area (Å²) in [5.74, 6) is 0. The van der Waals surface area contributed by atoms with Gasteiger partial charge in [-0.2, -0.15) is 0 Å². The van der Waals surface area contributed by atoms with Crippen molar-refractivity contribution in [3.8, 4) is 0 Å². The van der Waals surface area contributed by atoms with Crippen LogP contribution in [0.5, 0.6) is 0 Å². The lowest BCUT2D eigenvalue weighted by atomic mass is 10.1. The quantitative estimate of drug-likeness (QED) is 0.756. The maximum absolute atomic E-state index is 9.11. The Morgan fingerprint density at radius 2 is 2.20 bits per heavy atom. The summed E-state index contributed by atoms with van der Waals surface area (Å²) in [7, 11) is 0. The third-order valence-electron chi connectivity index (χ3n) is 2.14. The molecule has 1 aromatic carbocycles. The van der Waals surface area contributed by atoms with Gasteiger partial charge in [0, 0.05) is 17.6 Å². The van der Waals surface area contributed by atoms with E-state index in [1.165, 1.54) is 11.1 Å². The van der Waals surface area contributed by atoms with E-state index in [9.17, 15) is 0 Å². The molecule has 0 amide bonds. The van der Waals surface area contributed by atoms with Gasteiger partial charge < -0.3 is 15.5 Å². The Hall–Kier alpha value is -0.420. The molecule has 4 heteroatoms. The van der Waals surface area contributed by atoms with Crippen LogP contribution in [0.2, 0.25) is 0 Å². The summed E-state index contributed by atoms with van der Waals surface area (Å²) in [6.07, 6.45) is -0.679. The Balaban J connectivity index is 2.41. The molecule has 0 spiro atoms. The molecule has 0 aromatic heterocycles.